The van der Waals surface area contributed by atoms with Crippen LogP contribution in [-0.2, 0) is 6.54 Å². The molecule has 0 amide bonds. The van der Waals surface area contributed by atoms with Crippen LogP contribution >= 0.6 is 0 Å². The summed E-state index contributed by atoms with van der Waals surface area (Å²) in [4.78, 5) is 13.3. The van der Waals surface area contributed by atoms with Gasteiger partial charge in [-0.15, -0.1) is 0 Å². The molecule has 0 N–H and O–H groups in total. The molecule has 0 unspecified atom stereocenters. The minimum Gasteiger partial charge on any atom is -0.496 e. The third kappa shape index (κ3) is 3.36. The van der Waals surface area contributed by atoms with Crippen LogP contribution in [0.3, 0.4) is 0 Å². The van der Waals surface area contributed by atoms with E-state index in [4.69, 9.17) is 4.74 Å². The molecule has 5 nitrogen and oxygen atoms in total. The number of rotatable bonds is 5. The molecule has 28 heavy (non-hydrogen) atoms. The normalized spacial score (nSPS) is 10.8. The zero-order chi connectivity index (χ0) is 19.5. The number of imidazole rings is 1. The van der Waals surface area contributed by atoms with Crippen LogP contribution in [0.4, 0.5) is 4.39 Å². The van der Waals surface area contributed by atoms with Gasteiger partial charge in [0.25, 0.3) is 0 Å². The van der Waals surface area contributed by atoms with Gasteiger partial charge >= 0.3 is 0 Å². The summed E-state index contributed by atoms with van der Waals surface area (Å²) in [6.45, 7) is 2.30. The molecule has 2 heterocycles. The maximum atomic E-state index is 14.9. The van der Waals surface area contributed by atoms with E-state index in [0.29, 0.717) is 29.2 Å². The first kappa shape index (κ1) is 17.9. The highest BCUT2D eigenvalue weighted by Gasteiger charge is 2.22. The Kier molecular flexibility index (Phi) is 4.85. The number of benzene rings is 2. The van der Waals surface area contributed by atoms with Crippen molar-refractivity contribution in [3.05, 3.63) is 84.5 Å². The van der Waals surface area contributed by atoms with Gasteiger partial charge in [-0.3, -0.25) is 9.97 Å². The molecule has 0 saturated heterocycles. The first-order valence-corrected chi connectivity index (χ1v) is 8.88. The van der Waals surface area contributed by atoms with Gasteiger partial charge in [-0.25, -0.2) is 9.37 Å². The summed E-state index contributed by atoms with van der Waals surface area (Å²) < 4.78 is 22.2. The molecule has 140 valence electrons. The molecule has 0 aliphatic heterocycles. The largest absolute Gasteiger partial charge is 0.496 e. The zero-order valence-corrected chi connectivity index (χ0v) is 15.6. The van der Waals surface area contributed by atoms with E-state index in [9.17, 15) is 4.39 Å². The number of hydrogen-bond donors (Lipinski definition) is 0. The Bertz CT molecular complexity index is 1090. The van der Waals surface area contributed by atoms with Crippen molar-refractivity contribution >= 4 is 0 Å². The summed E-state index contributed by atoms with van der Waals surface area (Å²) in [6.07, 6.45) is 5.14. The van der Waals surface area contributed by atoms with Gasteiger partial charge < -0.3 is 9.30 Å². The lowest BCUT2D eigenvalue weighted by molar-refractivity contribution is 0.413. The van der Waals surface area contributed by atoms with Crippen LogP contribution in [-0.4, -0.2) is 26.6 Å². The molecule has 0 spiro atoms. The van der Waals surface area contributed by atoms with Crippen molar-refractivity contribution in [3.8, 4) is 28.3 Å². The summed E-state index contributed by atoms with van der Waals surface area (Å²) in [6, 6.07) is 14.5. The van der Waals surface area contributed by atoms with Crippen LogP contribution in [0.25, 0.3) is 22.5 Å². The Morgan fingerprint density at radius 3 is 2.50 bits per heavy atom. The Balaban J connectivity index is 1.91. The number of nitrogens with zero attached hydrogens (tertiary/aromatic N) is 4. The summed E-state index contributed by atoms with van der Waals surface area (Å²) in [5.74, 6) is 0.0854. The maximum Gasteiger partial charge on any atom is 0.136 e. The molecule has 4 aromatic rings. The van der Waals surface area contributed by atoms with E-state index >= 15 is 0 Å². The third-order valence-electron chi connectivity index (χ3n) is 4.48. The minimum atomic E-state index is -0.367. The molecule has 2 aromatic heterocycles. The van der Waals surface area contributed by atoms with Crippen LogP contribution < -0.4 is 4.74 Å². The molecular formula is C22H19FN4O. The van der Waals surface area contributed by atoms with Crippen molar-refractivity contribution in [1.29, 1.82) is 0 Å². The average Bonchev–Trinajstić information content (AvgIpc) is 3.13. The van der Waals surface area contributed by atoms with Gasteiger partial charge in [-0.1, -0.05) is 36.4 Å². The van der Waals surface area contributed by atoms with E-state index in [2.05, 4.69) is 15.0 Å². The predicted octanol–water partition coefficient (Wildman–Crippen LogP) is 4.51. The second-order valence-electron chi connectivity index (χ2n) is 6.40. The standard InChI is InChI=1S/C22H19FN4O/c1-15-11-25-17(12-24-15)13-27-14-26-21(16-7-4-3-5-8-16)22(27)20-18(23)9-6-10-19(20)28-2/h3-12,14H,13H2,1-2H3. The Hall–Kier alpha value is -3.54. The van der Waals surface area contributed by atoms with Crippen molar-refractivity contribution in [2.24, 2.45) is 0 Å². The molecule has 0 saturated carbocycles. The fourth-order valence-electron chi connectivity index (χ4n) is 3.15. The molecule has 0 fully saturated rings. The molecule has 0 bridgehead atoms. The number of ether oxygens (including phenoxy) is 1. The summed E-state index contributed by atoms with van der Waals surface area (Å²) in [5, 5.41) is 0. The monoisotopic (exact) mass is 374 g/mol. The summed E-state index contributed by atoms with van der Waals surface area (Å²) >= 11 is 0. The number of aromatic nitrogens is 4. The molecule has 4 rings (SSSR count). The van der Waals surface area contributed by atoms with Gasteiger partial charge in [0.15, 0.2) is 0 Å². The van der Waals surface area contributed by atoms with Crippen LogP contribution in [0.1, 0.15) is 11.4 Å². The van der Waals surface area contributed by atoms with Crippen LogP contribution in [0.2, 0.25) is 0 Å². The van der Waals surface area contributed by atoms with Gasteiger partial charge in [0.2, 0.25) is 0 Å². The fraction of sp³-hybridized carbons (Fsp3) is 0.136. The molecule has 0 aliphatic rings. The first-order valence-electron chi connectivity index (χ1n) is 8.88. The summed E-state index contributed by atoms with van der Waals surface area (Å²) in [5.41, 5.74) is 4.21. The Morgan fingerprint density at radius 2 is 1.79 bits per heavy atom. The molecular weight excluding hydrogens is 355 g/mol. The van der Waals surface area contributed by atoms with Gasteiger partial charge in [-0.2, -0.15) is 0 Å². The fourth-order valence-corrected chi connectivity index (χ4v) is 3.15. The molecule has 6 heteroatoms. The van der Waals surface area contributed by atoms with E-state index in [1.165, 1.54) is 13.2 Å². The first-order chi connectivity index (χ1) is 13.7. The lowest BCUT2D eigenvalue weighted by Gasteiger charge is -2.14. The molecule has 0 atom stereocenters. The van der Waals surface area contributed by atoms with E-state index in [1.54, 1.807) is 30.9 Å². The topological polar surface area (TPSA) is 52.8 Å². The van der Waals surface area contributed by atoms with Crippen molar-refractivity contribution in [2.45, 2.75) is 13.5 Å². The molecule has 0 aliphatic carbocycles. The van der Waals surface area contributed by atoms with Gasteiger partial charge in [-0.05, 0) is 19.1 Å². The van der Waals surface area contributed by atoms with Crippen molar-refractivity contribution in [3.63, 3.8) is 0 Å². The molecule has 0 radical (unpaired) electrons. The highest BCUT2D eigenvalue weighted by Crippen LogP contribution is 2.38. The molecule has 2 aromatic carbocycles. The second-order valence-corrected chi connectivity index (χ2v) is 6.40. The van der Waals surface area contributed by atoms with E-state index < -0.39 is 0 Å². The predicted molar refractivity (Wildman–Crippen MR) is 105 cm³/mol. The Labute approximate surface area is 162 Å². The van der Waals surface area contributed by atoms with Crippen molar-refractivity contribution in [1.82, 2.24) is 19.5 Å². The minimum absolute atomic E-state index is 0.367. The number of halogens is 1. The maximum absolute atomic E-state index is 14.9. The third-order valence-corrected chi connectivity index (χ3v) is 4.48. The second kappa shape index (κ2) is 7.60. The SMILES string of the molecule is COc1cccc(F)c1-c1c(-c2ccccc2)ncn1Cc1cnc(C)cn1. The van der Waals surface area contributed by atoms with E-state index in [1.807, 2.05) is 41.8 Å². The van der Waals surface area contributed by atoms with Crippen molar-refractivity contribution < 1.29 is 9.13 Å². The number of aryl methyl sites for hydroxylation is 1. The smallest absolute Gasteiger partial charge is 0.136 e. The van der Waals surface area contributed by atoms with Crippen LogP contribution in [0.15, 0.2) is 67.3 Å². The van der Waals surface area contributed by atoms with Gasteiger partial charge in [0.05, 0.1) is 54.5 Å². The number of methoxy groups -OCH3 is 1. The summed E-state index contributed by atoms with van der Waals surface area (Å²) in [7, 11) is 1.53. The number of hydrogen-bond acceptors (Lipinski definition) is 4. The average molecular weight is 374 g/mol. The van der Waals surface area contributed by atoms with Crippen LogP contribution in [0.5, 0.6) is 5.75 Å². The lowest BCUT2D eigenvalue weighted by atomic mass is 10.0. The van der Waals surface area contributed by atoms with Crippen molar-refractivity contribution in [2.75, 3.05) is 7.11 Å². The van der Waals surface area contributed by atoms with Crippen LogP contribution in [0, 0.1) is 12.7 Å². The zero-order valence-electron chi connectivity index (χ0n) is 15.6. The lowest BCUT2D eigenvalue weighted by Crippen LogP contribution is -2.05. The quantitative estimate of drug-likeness (QED) is 0.516. The van der Waals surface area contributed by atoms with Gasteiger partial charge in [0, 0.05) is 11.8 Å². The van der Waals surface area contributed by atoms with E-state index in [0.717, 1.165) is 17.0 Å². The highest BCUT2D eigenvalue weighted by molar-refractivity contribution is 5.82. The Morgan fingerprint density at radius 1 is 0.964 bits per heavy atom. The van der Waals surface area contributed by atoms with E-state index in [-0.39, 0.29) is 5.82 Å². The van der Waals surface area contributed by atoms with Gasteiger partial charge in [0.1, 0.15) is 11.6 Å². The highest BCUT2D eigenvalue weighted by atomic mass is 19.1.